The summed E-state index contributed by atoms with van der Waals surface area (Å²) in [5.41, 5.74) is 2.92. The van der Waals surface area contributed by atoms with Crippen molar-refractivity contribution in [3.63, 3.8) is 0 Å². The lowest BCUT2D eigenvalue weighted by Gasteiger charge is -2.20. The standard InChI is InChI=1S/C20H24ClN3O2/c1-15-4-10-18(11-5-15)22-19(25)13-23(2)14-20(26)24(3)12-16-6-8-17(21)9-7-16/h4-11H,12-14H2,1-3H3,(H,22,25)/p+1. The van der Waals surface area contributed by atoms with Crippen molar-refractivity contribution in [1.29, 1.82) is 0 Å². The van der Waals surface area contributed by atoms with E-state index in [9.17, 15) is 9.59 Å². The first kappa shape index (κ1) is 19.9. The Bertz CT molecular complexity index is 745. The molecule has 0 saturated heterocycles. The van der Waals surface area contributed by atoms with Gasteiger partial charge in [-0.1, -0.05) is 41.4 Å². The highest BCUT2D eigenvalue weighted by Gasteiger charge is 2.17. The number of quaternary nitrogens is 1. The molecule has 0 aliphatic rings. The van der Waals surface area contributed by atoms with E-state index in [1.54, 1.807) is 11.9 Å². The van der Waals surface area contributed by atoms with Gasteiger partial charge >= 0.3 is 0 Å². The molecule has 0 aliphatic carbocycles. The number of hydrogen-bond donors (Lipinski definition) is 2. The summed E-state index contributed by atoms with van der Waals surface area (Å²) in [7, 11) is 3.60. The zero-order chi connectivity index (χ0) is 19.1. The van der Waals surface area contributed by atoms with Gasteiger partial charge in [0.05, 0.1) is 7.05 Å². The second-order valence-corrected chi connectivity index (χ2v) is 7.04. The molecule has 6 heteroatoms. The molecule has 0 bridgehead atoms. The number of carbonyl (C=O) groups is 2. The van der Waals surface area contributed by atoms with Crippen LogP contribution in [0, 0.1) is 6.92 Å². The van der Waals surface area contributed by atoms with Crippen LogP contribution in [0.3, 0.4) is 0 Å². The lowest BCUT2D eigenvalue weighted by Crippen LogP contribution is -3.11. The Labute approximate surface area is 159 Å². The van der Waals surface area contributed by atoms with Crippen LogP contribution < -0.4 is 10.2 Å². The SMILES string of the molecule is Cc1ccc(NC(=O)C[NH+](C)CC(=O)N(C)Cc2ccc(Cl)cc2)cc1. The molecule has 0 spiro atoms. The number of rotatable bonds is 7. The first-order valence-corrected chi connectivity index (χ1v) is 8.87. The Morgan fingerprint density at radius 1 is 1.04 bits per heavy atom. The number of nitrogens with zero attached hydrogens (tertiary/aromatic N) is 1. The third-order valence-electron chi connectivity index (χ3n) is 4.01. The highest BCUT2D eigenvalue weighted by atomic mass is 35.5. The molecule has 2 N–H and O–H groups in total. The minimum Gasteiger partial charge on any atom is -0.337 e. The van der Waals surface area contributed by atoms with Gasteiger partial charge in [0, 0.05) is 24.3 Å². The smallest absolute Gasteiger partial charge is 0.279 e. The molecule has 0 radical (unpaired) electrons. The zero-order valence-corrected chi connectivity index (χ0v) is 16.1. The molecule has 2 rings (SSSR count). The van der Waals surface area contributed by atoms with Crippen LogP contribution in [0.5, 0.6) is 0 Å². The maximum atomic E-state index is 12.3. The zero-order valence-electron chi connectivity index (χ0n) is 15.4. The summed E-state index contributed by atoms with van der Waals surface area (Å²) in [6.45, 7) is 2.99. The molecule has 2 aromatic carbocycles. The van der Waals surface area contributed by atoms with Gasteiger partial charge in [0.2, 0.25) is 0 Å². The summed E-state index contributed by atoms with van der Waals surface area (Å²) in [5, 5.41) is 3.52. The van der Waals surface area contributed by atoms with E-state index in [-0.39, 0.29) is 24.9 Å². The highest BCUT2D eigenvalue weighted by Crippen LogP contribution is 2.11. The van der Waals surface area contributed by atoms with Crippen LogP contribution in [0.25, 0.3) is 0 Å². The fraction of sp³-hybridized carbons (Fsp3) is 0.300. The predicted molar refractivity (Wildman–Crippen MR) is 104 cm³/mol. The van der Waals surface area contributed by atoms with Crippen molar-refractivity contribution in [2.24, 2.45) is 0 Å². The molecule has 2 aromatic rings. The largest absolute Gasteiger partial charge is 0.337 e. The average Bonchev–Trinajstić information content (AvgIpc) is 2.58. The highest BCUT2D eigenvalue weighted by molar-refractivity contribution is 6.30. The minimum absolute atomic E-state index is 0.0133. The number of amides is 2. The molecule has 0 aromatic heterocycles. The average molecular weight is 375 g/mol. The Balaban J connectivity index is 1.79. The summed E-state index contributed by atoms with van der Waals surface area (Å²) in [5.74, 6) is -0.125. The minimum atomic E-state index is -0.112. The van der Waals surface area contributed by atoms with Crippen LogP contribution in [0.15, 0.2) is 48.5 Å². The Hall–Kier alpha value is -2.37. The van der Waals surface area contributed by atoms with Crippen LogP contribution >= 0.6 is 11.6 Å². The van der Waals surface area contributed by atoms with Gasteiger partial charge in [-0.2, -0.15) is 0 Å². The van der Waals surface area contributed by atoms with Gasteiger partial charge < -0.3 is 15.1 Å². The molecule has 0 fully saturated rings. The van der Waals surface area contributed by atoms with Gasteiger partial charge in [-0.25, -0.2) is 0 Å². The number of likely N-dealkylation sites (N-methyl/N-ethyl adjacent to an activating group) is 2. The van der Waals surface area contributed by atoms with Gasteiger partial charge in [-0.3, -0.25) is 9.59 Å². The second kappa shape index (κ2) is 9.36. The summed E-state index contributed by atoms with van der Waals surface area (Å²) in [4.78, 5) is 27.0. The molecule has 0 aliphatic heterocycles. The van der Waals surface area contributed by atoms with Gasteiger partial charge in [0.15, 0.2) is 13.1 Å². The maximum absolute atomic E-state index is 12.3. The Morgan fingerprint density at radius 3 is 2.27 bits per heavy atom. The van der Waals surface area contributed by atoms with Gasteiger partial charge in [-0.05, 0) is 36.8 Å². The van der Waals surface area contributed by atoms with Crippen LogP contribution in [0.1, 0.15) is 11.1 Å². The van der Waals surface area contributed by atoms with Gasteiger partial charge in [0.1, 0.15) is 0 Å². The van der Waals surface area contributed by atoms with E-state index in [0.717, 1.165) is 21.7 Å². The van der Waals surface area contributed by atoms with Crippen molar-refractivity contribution in [3.8, 4) is 0 Å². The number of aryl methyl sites for hydroxylation is 1. The van der Waals surface area contributed by atoms with Crippen molar-refractivity contribution in [2.45, 2.75) is 13.5 Å². The summed E-state index contributed by atoms with van der Waals surface area (Å²) in [6.07, 6.45) is 0. The molecule has 1 unspecified atom stereocenters. The molecule has 0 heterocycles. The fourth-order valence-electron chi connectivity index (χ4n) is 2.52. The molecule has 5 nitrogen and oxygen atoms in total. The quantitative estimate of drug-likeness (QED) is 0.776. The number of nitrogens with one attached hydrogen (secondary N) is 2. The Morgan fingerprint density at radius 2 is 1.65 bits per heavy atom. The number of halogens is 1. The third kappa shape index (κ3) is 6.50. The maximum Gasteiger partial charge on any atom is 0.279 e. The summed E-state index contributed by atoms with van der Waals surface area (Å²) >= 11 is 5.87. The van der Waals surface area contributed by atoms with E-state index >= 15 is 0 Å². The van der Waals surface area contributed by atoms with E-state index in [1.165, 1.54) is 0 Å². The van der Waals surface area contributed by atoms with Gasteiger partial charge in [0.25, 0.3) is 11.8 Å². The molecule has 138 valence electrons. The monoisotopic (exact) mass is 374 g/mol. The van der Waals surface area contributed by atoms with Crippen molar-refractivity contribution in [2.75, 3.05) is 32.5 Å². The normalized spacial score (nSPS) is 11.7. The van der Waals surface area contributed by atoms with E-state index in [4.69, 9.17) is 11.6 Å². The van der Waals surface area contributed by atoms with Crippen LogP contribution in [-0.4, -0.2) is 43.9 Å². The fourth-order valence-corrected chi connectivity index (χ4v) is 2.65. The summed E-state index contributed by atoms with van der Waals surface area (Å²) < 4.78 is 0. The number of carbonyl (C=O) groups excluding carboxylic acids is 2. The number of benzene rings is 2. The lowest BCUT2D eigenvalue weighted by atomic mass is 10.2. The van der Waals surface area contributed by atoms with Crippen LogP contribution in [-0.2, 0) is 16.1 Å². The number of anilines is 1. The lowest BCUT2D eigenvalue weighted by molar-refractivity contribution is -0.862. The van der Waals surface area contributed by atoms with Crippen molar-refractivity contribution >= 4 is 29.1 Å². The van der Waals surface area contributed by atoms with E-state index < -0.39 is 0 Å². The van der Waals surface area contributed by atoms with E-state index in [1.807, 2.05) is 62.5 Å². The van der Waals surface area contributed by atoms with Crippen LogP contribution in [0.2, 0.25) is 5.02 Å². The van der Waals surface area contributed by atoms with E-state index in [0.29, 0.717) is 11.6 Å². The molecule has 2 amide bonds. The third-order valence-corrected chi connectivity index (χ3v) is 4.26. The summed E-state index contributed by atoms with van der Waals surface area (Å²) in [6, 6.07) is 15.0. The molecular formula is C20H25ClN3O2+. The van der Waals surface area contributed by atoms with Gasteiger partial charge in [-0.15, -0.1) is 0 Å². The first-order valence-electron chi connectivity index (χ1n) is 8.49. The van der Waals surface area contributed by atoms with E-state index in [2.05, 4.69) is 5.32 Å². The topological polar surface area (TPSA) is 53.9 Å². The predicted octanol–water partition coefficient (Wildman–Crippen LogP) is 1.76. The molecule has 0 saturated carbocycles. The second-order valence-electron chi connectivity index (χ2n) is 6.60. The van der Waals surface area contributed by atoms with Crippen molar-refractivity contribution in [3.05, 3.63) is 64.7 Å². The van der Waals surface area contributed by atoms with Crippen molar-refractivity contribution in [1.82, 2.24) is 4.90 Å². The van der Waals surface area contributed by atoms with Crippen molar-refractivity contribution < 1.29 is 14.5 Å². The first-order chi connectivity index (χ1) is 12.3. The molecule has 1 atom stereocenters. The number of hydrogen-bond acceptors (Lipinski definition) is 2. The Kier molecular flexibility index (Phi) is 7.18. The van der Waals surface area contributed by atoms with Crippen LogP contribution in [0.4, 0.5) is 5.69 Å². The molecular weight excluding hydrogens is 350 g/mol. The molecule has 26 heavy (non-hydrogen) atoms.